The van der Waals surface area contributed by atoms with Gasteiger partial charge in [-0.25, -0.2) is 4.98 Å². The predicted molar refractivity (Wildman–Crippen MR) is 92.6 cm³/mol. The van der Waals surface area contributed by atoms with Gasteiger partial charge in [-0.3, -0.25) is 4.79 Å². The first-order chi connectivity index (χ1) is 12.3. The monoisotopic (exact) mass is 342 g/mol. The molecule has 6 heteroatoms. The topological polar surface area (TPSA) is 69.7 Å². The normalized spacial score (nSPS) is 15.8. The van der Waals surface area contributed by atoms with E-state index in [1.54, 1.807) is 19.4 Å². The van der Waals surface area contributed by atoms with Gasteiger partial charge in [-0.15, -0.1) is 0 Å². The summed E-state index contributed by atoms with van der Waals surface area (Å²) in [4.78, 5) is 16.6. The Labute approximate surface area is 147 Å². The molecule has 1 aromatic carbocycles. The highest BCUT2D eigenvalue weighted by Gasteiger charge is 2.25. The molecular weight excluding hydrogens is 320 g/mol. The molecule has 0 spiro atoms. The highest BCUT2D eigenvalue weighted by molar-refractivity contribution is 5.79. The first-order valence-corrected chi connectivity index (χ1v) is 8.31. The Balaban J connectivity index is 1.48. The molecule has 1 aromatic heterocycles. The Bertz CT molecular complexity index is 703. The van der Waals surface area contributed by atoms with Crippen LogP contribution in [0.1, 0.15) is 11.1 Å². The van der Waals surface area contributed by atoms with Gasteiger partial charge >= 0.3 is 0 Å². The number of carbonyl (C=O) groups excluding carboxylic acids is 1. The third kappa shape index (κ3) is 4.70. The smallest absolute Gasteiger partial charge is 0.227 e. The number of amides is 1. The minimum absolute atomic E-state index is 0.00470. The highest BCUT2D eigenvalue weighted by Crippen LogP contribution is 2.26. The van der Waals surface area contributed by atoms with Crippen molar-refractivity contribution in [2.24, 2.45) is 5.92 Å². The van der Waals surface area contributed by atoms with Crippen molar-refractivity contribution in [2.75, 3.05) is 26.9 Å². The van der Waals surface area contributed by atoms with E-state index in [0.717, 1.165) is 16.9 Å². The molecule has 1 atom stereocenters. The number of para-hydroxylation sites is 1. The predicted octanol–water partition coefficient (Wildman–Crippen LogP) is 1.97. The zero-order valence-corrected chi connectivity index (χ0v) is 14.2. The number of nitrogens with zero attached hydrogens (tertiary/aromatic N) is 1. The first-order valence-electron chi connectivity index (χ1n) is 8.31. The Morgan fingerprint density at radius 3 is 2.96 bits per heavy atom. The van der Waals surface area contributed by atoms with Crippen LogP contribution in [-0.2, 0) is 22.5 Å². The zero-order valence-electron chi connectivity index (χ0n) is 14.2. The Kier molecular flexibility index (Phi) is 5.85. The van der Waals surface area contributed by atoms with Crippen molar-refractivity contribution >= 4 is 5.91 Å². The number of fused-ring (bicyclic) bond motifs is 1. The average molecular weight is 342 g/mol. The van der Waals surface area contributed by atoms with E-state index in [1.165, 1.54) is 0 Å². The molecule has 0 bridgehead atoms. The fourth-order valence-corrected chi connectivity index (χ4v) is 2.66. The zero-order chi connectivity index (χ0) is 17.5. The second kappa shape index (κ2) is 8.48. The van der Waals surface area contributed by atoms with Crippen LogP contribution >= 0.6 is 0 Å². The van der Waals surface area contributed by atoms with Crippen molar-refractivity contribution in [3.8, 4) is 11.6 Å². The second-order valence-electron chi connectivity index (χ2n) is 5.88. The molecule has 0 radical (unpaired) electrons. The molecule has 0 fully saturated rings. The molecule has 2 aromatic rings. The van der Waals surface area contributed by atoms with E-state index in [9.17, 15) is 4.79 Å². The largest absolute Gasteiger partial charge is 0.492 e. The molecule has 2 heterocycles. The standard InChI is InChI=1S/C19H22N2O4/c1-23-8-9-24-18-7-6-14(11-20-18)12-21-19(22)16-10-15-4-2-3-5-17(15)25-13-16/h2-7,11,16H,8-10,12-13H2,1H3,(H,21,22)/t16-/m0/s1. The summed E-state index contributed by atoms with van der Waals surface area (Å²) in [5.74, 6) is 1.25. The van der Waals surface area contributed by atoms with E-state index in [4.69, 9.17) is 14.2 Å². The molecule has 1 N–H and O–H groups in total. The molecule has 0 saturated carbocycles. The van der Waals surface area contributed by atoms with Gasteiger partial charge in [0.05, 0.1) is 12.5 Å². The van der Waals surface area contributed by atoms with Crippen LogP contribution in [0.5, 0.6) is 11.6 Å². The lowest BCUT2D eigenvalue weighted by atomic mass is 9.96. The number of pyridine rings is 1. The number of rotatable bonds is 7. The summed E-state index contributed by atoms with van der Waals surface area (Å²) >= 11 is 0. The summed E-state index contributed by atoms with van der Waals surface area (Å²) in [6, 6.07) is 11.5. The number of aromatic nitrogens is 1. The molecule has 1 aliphatic rings. The SMILES string of the molecule is COCCOc1ccc(CNC(=O)[C@@H]2COc3ccccc3C2)cn1. The van der Waals surface area contributed by atoms with Gasteiger partial charge in [0.25, 0.3) is 0 Å². The number of methoxy groups -OCH3 is 1. The van der Waals surface area contributed by atoms with Crippen molar-refractivity contribution < 1.29 is 19.0 Å². The summed E-state index contributed by atoms with van der Waals surface area (Å²) in [7, 11) is 1.62. The quantitative estimate of drug-likeness (QED) is 0.779. The van der Waals surface area contributed by atoms with E-state index in [1.807, 2.05) is 30.3 Å². The summed E-state index contributed by atoms with van der Waals surface area (Å²) < 4.78 is 16.0. The van der Waals surface area contributed by atoms with Crippen molar-refractivity contribution in [3.05, 3.63) is 53.7 Å². The number of hydrogen-bond acceptors (Lipinski definition) is 5. The molecule has 0 saturated heterocycles. The summed E-state index contributed by atoms with van der Waals surface area (Å²) in [5, 5.41) is 2.95. The fraction of sp³-hybridized carbons (Fsp3) is 0.368. The molecule has 0 unspecified atom stereocenters. The lowest BCUT2D eigenvalue weighted by Crippen LogP contribution is -2.37. The molecule has 3 rings (SSSR count). The van der Waals surface area contributed by atoms with Gasteiger partial charge in [-0.1, -0.05) is 24.3 Å². The molecule has 1 amide bonds. The average Bonchev–Trinajstić information content (AvgIpc) is 2.67. The van der Waals surface area contributed by atoms with E-state index in [2.05, 4.69) is 10.3 Å². The van der Waals surface area contributed by atoms with Gasteiger partial charge in [0.1, 0.15) is 19.0 Å². The first kappa shape index (κ1) is 17.2. The maximum atomic E-state index is 12.4. The van der Waals surface area contributed by atoms with Crippen molar-refractivity contribution in [1.29, 1.82) is 0 Å². The highest BCUT2D eigenvalue weighted by atomic mass is 16.5. The van der Waals surface area contributed by atoms with Crippen molar-refractivity contribution in [1.82, 2.24) is 10.3 Å². The molecule has 25 heavy (non-hydrogen) atoms. The van der Waals surface area contributed by atoms with Crippen LogP contribution in [0, 0.1) is 5.92 Å². The van der Waals surface area contributed by atoms with Crippen LogP contribution in [0.4, 0.5) is 0 Å². The van der Waals surface area contributed by atoms with Crippen LogP contribution in [-0.4, -0.2) is 37.8 Å². The molecular formula is C19H22N2O4. The summed E-state index contributed by atoms with van der Waals surface area (Å²) in [5.41, 5.74) is 2.00. The third-order valence-corrected chi connectivity index (χ3v) is 4.05. The number of hydrogen-bond donors (Lipinski definition) is 1. The molecule has 1 aliphatic heterocycles. The van der Waals surface area contributed by atoms with Crippen LogP contribution in [0.15, 0.2) is 42.6 Å². The Hall–Kier alpha value is -2.60. The lowest BCUT2D eigenvalue weighted by molar-refractivity contribution is -0.126. The van der Waals surface area contributed by atoms with E-state index < -0.39 is 0 Å². The number of benzene rings is 1. The van der Waals surface area contributed by atoms with Gasteiger partial charge in [0.15, 0.2) is 0 Å². The van der Waals surface area contributed by atoms with Gasteiger partial charge in [0.2, 0.25) is 11.8 Å². The van der Waals surface area contributed by atoms with E-state index in [-0.39, 0.29) is 11.8 Å². The van der Waals surface area contributed by atoms with Crippen molar-refractivity contribution in [3.63, 3.8) is 0 Å². The van der Waals surface area contributed by atoms with Crippen LogP contribution < -0.4 is 14.8 Å². The Morgan fingerprint density at radius 1 is 1.28 bits per heavy atom. The maximum Gasteiger partial charge on any atom is 0.227 e. The molecule has 6 nitrogen and oxygen atoms in total. The van der Waals surface area contributed by atoms with Crippen molar-refractivity contribution in [2.45, 2.75) is 13.0 Å². The van der Waals surface area contributed by atoms with Crippen LogP contribution in [0.2, 0.25) is 0 Å². The van der Waals surface area contributed by atoms with Crippen LogP contribution in [0.25, 0.3) is 0 Å². The maximum absolute atomic E-state index is 12.4. The minimum Gasteiger partial charge on any atom is -0.492 e. The summed E-state index contributed by atoms with van der Waals surface area (Å²) in [6.07, 6.45) is 2.40. The number of nitrogens with one attached hydrogen (secondary N) is 1. The fourth-order valence-electron chi connectivity index (χ4n) is 2.66. The minimum atomic E-state index is -0.167. The van der Waals surface area contributed by atoms with Gasteiger partial charge < -0.3 is 19.5 Å². The van der Waals surface area contributed by atoms with Gasteiger partial charge in [-0.05, 0) is 23.6 Å². The van der Waals surface area contributed by atoms with E-state index in [0.29, 0.717) is 38.7 Å². The number of carbonyl (C=O) groups is 1. The van der Waals surface area contributed by atoms with Gasteiger partial charge in [0, 0.05) is 25.9 Å². The third-order valence-electron chi connectivity index (χ3n) is 4.05. The number of ether oxygens (including phenoxy) is 3. The molecule has 132 valence electrons. The Morgan fingerprint density at radius 2 is 2.16 bits per heavy atom. The lowest BCUT2D eigenvalue weighted by Gasteiger charge is -2.24. The van der Waals surface area contributed by atoms with E-state index >= 15 is 0 Å². The summed E-state index contributed by atoms with van der Waals surface area (Å²) in [6.45, 7) is 1.82. The van der Waals surface area contributed by atoms with Crippen LogP contribution in [0.3, 0.4) is 0 Å². The molecule has 0 aliphatic carbocycles. The van der Waals surface area contributed by atoms with Gasteiger partial charge in [-0.2, -0.15) is 0 Å². The second-order valence-corrected chi connectivity index (χ2v) is 5.88.